The molecule has 0 heterocycles. The first-order valence-electron chi connectivity index (χ1n) is 29.2. The predicted molar refractivity (Wildman–Crippen MR) is 343 cm³/mol. The molecule has 25 nitrogen and oxygen atoms in total. The van der Waals surface area contributed by atoms with Crippen LogP contribution in [0.2, 0.25) is 0 Å². The number of carbonyl (C=O) groups is 10. The van der Waals surface area contributed by atoms with Crippen molar-refractivity contribution in [1.82, 2.24) is 0 Å². The number of carbonyl (C=O) groups excluding carboxylic acids is 10. The van der Waals surface area contributed by atoms with Crippen LogP contribution in [0.3, 0.4) is 0 Å². The van der Waals surface area contributed by atoms with Gasteiger partial charge in [0.1, 0.15) is 29.7 Å². The summed E-state index contributed by atoms with van der Waals surface area (Å²) in [6, 6.07) is 40.3. The monoisotopic (exact) mass is 1470 g/mol. The van der Waals surface area contributed by atoms with Gasteiger partial charge in [0.05, 0.1) is 32.7 Å². The molecule has 31 heteroatoms. The number of rotatable bonds is 13. The van der Waals surface area contributed by atoms with E-state index >= 15 is 33.7 Å². The van der Waals surface area contributed by atoms with Crippen molar-refractivity contribution in [3.63, 3.8) is 0 Å². The molecule has 0 aliphatic heterocycles. The second-order valence-corrected chi connectivity index (χ2v) is 29.9. The summed E-state index contributed by atoms with van der Waals surface area (Å²) >= 11 is 0. The van der Waals surface area contributed by atoms with Crippen molar-refractivity contribution >= 4 is 108 Å². The third kappa shape index (κ3) is 11.3. The largest absolute Gasteiger partial charge is 1.00 e. The molecular weight excluding hydrogens is 1440 g/mol. The molecule has 500 valence electrons. The molecule has 0 N–H and O–H groups in total. The van der Waals surface area contributed by atoms with Gasteiger partial charge in [-0.1, -0.05) is 182 Å². The molecule has 0 spiro atoms. The minimum atomic E-state index is -6.42. The molecule has 5 aliphatic carbocycles. The zero-order chi connectivity index (χ0) is 71.8. The molecule has 15 rings (SSSR count). The van der Waals surface area contributed by atoms with Crippen molar-refractivity contribution in [2.45, 2.75) is 30.6 Å². The van der Waals surface area contributed by atoms with E-state index < -0.39 is 184 Å². The van der Waals surface area contributed by atoms with Gasteiger partial charge >= 0.3 is 76.2 Å². The van der Waals surface area contributed by atoms with Gasteiger partial charge in [-0.3, -0.25) is 47.9 Å². The van der Waals surface area contributed by atoms with Crippen LogP contribution in [0.15, 0.2) is 237 Å². The molecule has 0 atom stereocenters. The average molecular weight is 1470 g/mol. The summed E-state index contributed by atoms with van der Waals surface area (Å²) in [5.74, 6) is -9.63. The van der Waals surface area contributed by atoms with E-state index in [2.05, 4.69) is 0 Å². The maximum Gasteiger partial charge on any atom is 1.00 e. The molecule has 5 aliphatic rings. The molecule has 0 saturated carbocycles. The zero-order valence-electron chi connectivity index (χ0n) is 51.5. The average Bonchev–Trinajstić information content (AvgIpc) is 0.443. The summed E-state index contributed by atoms with van der Waals surface area (Å²) in [5.41, 5.74) is -8.85. The normalized spacial score (nSPS) is 14.4. The summed E-state index contributed by atoms with van der Waals surface area (Å²) < 4.78 is 178. The Bertz CT molecular complexity index is 5630. The fourth-order valence-electron chi connectivity index (χ4n) is 12.4. The minimum absolute atomic E-state index is 0. The Morgan fingerprint density at radius 1 is 0.206 bits per heavy atom. The van der Waals surface area contributed by atoms with Gasteiger partial charge in [-0.15, -0.1) is 0 Å². The Morgan fingerprint density at radius 3 is 0.529 bits per heavy atom. The van der Waals surface area contributed by atoms with Gasteiger partial charge < -0.3 is 4.55 Å². The van der Waals surface area contributed by atoms with Crippen molar-refractivity contribution in [2.24, 2.45) is 0 Å². The van der Waals surface area contributed by atoms with E-state index in [0.717, 1.165) is 78.9 Å². The summed E-state index contributed by atoms with van der Waals surface area (Å²) in [6.07, 6.45) is -5.33. The van der Waals surface area contributed by atoms with Gasteiger partial charge in [0.15, 0.2) is 57.8 Å². The third-order valence-corrected chi connectivity index (χ3v) is 22.9. The Kier molecular flexibility index (Phi) is 17.3. The van der Waals surface area contributed by atoms with Crippen LogP contribution >= 0.6 is 0 Å². The first kappa shape index (κ1) is 69.9. The third-order valence-electron chi connectivity index (χ3n) is 16.8. The maximum absolute atomic E-state index is 15.3. The fourth-order valence-corrected chi connectivity index (χ4v) is 18.0. The van der Waals surface area contributed by atoms with Crippen LogP contribution < -0.4 is 29.6 Å². The van der Waals surface area contributed by atoms with Crippen LogP contribution in [0, 0.1) is 0 Å². The molecule has 0 fully saturated rings. The van der Waals surface area contributed by atoms with Crippen molar-refractivity contribution in [3.05, 3.63) is 324 Å². The topological polar surface area (TPSA) is 401 Å². The number of hydrogen-bond donors (Lipinski definition) is 0. The predicted octanol–water partition coefficient (Wildman–Crippen LogP) is 4.69. The van der Waals surface area contributed by atoms with Crippen LogP contribution in [0.4, 0.5) is 0 Å². The second kappa shape index (κ2) is 25.2. The fraction of sp³-hybridized carbons (Fsp3) is 0.0141. The molecule has 0 bridgehead atoms. The van der Waals surface area contributed by atoms with Crippen molar-refractivity contribution in [2.75, 3.05) is 0 Å². The van der Waals surface area contributed by atoms with Gasteiger partial charge in [0, 0.05) is 83.5 Å². The zero-order valence-corrected chi connectivity index (χ0v) is 57.5. The summed E-state index contributed by atoms with van der Waals surface area (Å²) in [6.45, 7) is 0. The van der Waals surface area contributed by atoms with E-state index in [0.29, 0.717) is 24.3 Å². The molecule has 102 heavy (non-hydrogen) atoms. The molecule has 0 aromatic heterocycles. The van der Waals surface area contributed by atoms with E-state index in [1.807, 2.05) is 0 Å². The van der Waals surface area contributed by atoms with Crippen LogP contribution in [0.5, 0.6) is 0 Å². The smallest absolute Gasteiger partial charge is 0.744 e. The summed E-state index contributed by atoms with van der Waals surface area (Å²) in [5, 5.41) is 0. The van der Waals surface area contributed by atoms with Crippen LogP contribution in [0.1, 0.15) is 159 Å². The van der Waals surface area contributed by atoms with E-state index in [9.17, 15) is 60.9 Å². The summed E-state index contributed by atoms with van der Waals surface area (Å²) in [4.78, 5) is 131. The number of ketones is 10. The van der Waals surface area contributed by atoms with Gasteiger partial charge in [-0.25, -0.2) is 8.42 Å². The van der Waals surface area contributed by atoms with Crippen LogP contribution in [0.25, 0.3) is 0 Å². The molecular formula is C71H35NaO25S5. The quantitative estimate of drug-likeness (QED) is 0.0653. The molecule has 0 radical (unpaired) electrons. The van der Waals surface area contributed by atoms with Gasteiger partial charge in [-0.2, -0.15) is 50.4 Å². The van der Waals surface area contributed by atoms with Crippen molar-refractivity contribution in [1.29, 1.82) is 0 Å². The van der Waals surface area contributed by atoms with Crippen molar-refractivity contribution < 1.29 is 141 Å². The van der Waals surface area contributed by atoms with Gasteiger partial charge in [0.25, 0.3) is 0 Å². The Morgan fingerprint density at radius 2 is 0.353 bits per heavy atom. The van der Waals surface area contributed by atoms with Gasteiger partial charge in [-0.05, 0) is 30.3 Å². The number of benzene rings is 10. The standard InChI is InChI=1S/C57H28O20S4.C14H8O5S.Na/c58-49-29-13-1-5-17-33(29)53(62)45-37(49)21-9-25-41(45)78(66,67)74-57(75-79(68,69)42-26-10-22-38-46(42)54(63)34-18-6-2-14-30(34)50(38)59,76-80(70,71)43-27-11-23-39-47(43)55(64)35-19-7-3-15-31(35)51(39)60)77-81(72,73)44-28-12-24-40-48(44)56(65)36-20-8-4-16-32(36)52(40)61;15-13-8-4-1-2-5-9(8)14(16)12-10(13)6-3-7-11(12)20(17,18)19;/h1-28H;1-7H,(H,17,18,19);/q;;+1/p-1. The van der Waals surface area contributed by atoms with E-state index in [-0.39, 0.29) is 96.3 Å². The Balaban J connectivity index is 0.000000379. The summed E-state index contributed by atoms with van der Waals surface area (Å²) in [7, 11) is -30.5. The molecule has 10 aromatic carbocycles. The molecule has 0 unspecified atom stereocenters. The Labute approximate surface area is 598 Å². The SMILES string of the molecule is O=C1c2ccccc2C(=O)c2c1cccc2S(=O)(=O)OC(OS(=O)(=O)c1cccc2c1C(=O)c1ccccc1C2=O)(OS(=O)(=O)c1cccc2c1C(=O)c1ccccc1C2=O)OS(=O)(=O)c1cccc2c1C(=O)c1ccccc1C2=O.O=C1c2ccccc2C(=O)c2c1cccc2S(=O)(=O)[O-].[Na+]. The number of hydrogen-bond acceptors (Lipinski definition) is 25. The van der Waals surface area contributed by atoms with E-state index in [1.165, 1.54) is 97.1 Å². The van der Waals surface area contributed by atoms with Gasteiger partial charge in [0.2, 0.25) is 0 Å². The van der Waals surface area contributed by atoms with Crippen LogP contribution in [-0.2, 0) is 67.3 Å². The molecule has 0 amide bonds. The van der Waals surface area contributed by atoms with E-state index in [1.54, 1.807) is 12.1 Å². The molecule has 0 saturated heterocycles. The minimum Gasteiger partial charge on any atom is -0.744 e. The number of fused-ring (bicyclic) bond motifs is 10. The second-order valence-electron chi connectivity index (χ2n) is 22.5. The maximum atomic E-state index is 15.3. The van der Waals surface area contributed by atoms with Crippen LogP contribution in [-0.4, -0.2) is 111 Å². The Hall–Kier alpha value is -10.6. The van der Waals surface area contributed by atoms with E-state index in [4.69, 9.17) is 16.7 Å². The first-order valence-corrected chi connectivity index (χ1v) is 36.3. The van der Waals surface area contributed by atoms with Crippen molar-refractivity contribution in [3.8, 4) is 0 Å². The first-order chi connectivity index (χ1) is 47.9. The molecule has 10 aromatic rings.